The van der Waals surface area contributed by atoms with Crippen LogP contribution in [0.25, 0.3) is 0 Å². The van der Waals surface area contributed by atoms with Crippen LogP contribution in [0.2, 0.25) is 0 Å². The third kappa shape index (κ3) is 9.83. The molecule has 2 amide bonds. The Morgan fingerprint density at radius 3 is 2.19 bits per heavy atom. The second-order valence-electron chi connectivity index (χ2n) is 9.46. The molecule has 0 aliphatic heterocycles. The van der Waals surface area contributed by atoms with Crippen molar-refractivity contribution in [3.8, 4) is 0 Å². The van der Waals surface area contributed by atoms with Crippen LogP contribution in [0.4, 0.5) is 4.79 Å². The molecule has 0 saturated heterocycles. The lowest BCUT2D eigenvalue weighted by molar-refractivity contribution is 0.0896. The molecule has 0 spiro atoms. The van der Waals surface area contributed by atoms with Crippen LogP contribution < -0.4 is 16.4 Å². The molecule has 1 unspecified atom stereocenters. The number of Topliss-reactive ketones (excluding diaryl/α,β-unsaturated/α-hetero) is 1. The Balaban J connectivity index is 0.00000484. The second kappa shape index (κ2) is 16.7. The first-order valence-corrected chi connectivity index (χ1v) is 13.5. The van der Waals surface area contributed by atoms with E-state index in [1.807, 2.05) is 60.7 Å². The third-order valence-electron chi connectivity index (χ3n) is 6.32. The standard InChI is InChI=1S/C31H33N5O5.ClH/c32-18-8-7-13-26(34-31(39)40-21-24-11-5-2-6-12-24)28(37)29-35-27(41-36-29)19-22-14-16-25(17-15-22)30(38)33-20-23-9-3-1-4-10-23;/h1-6,9-12,14-17,26H,7-8,13,18-21,32H2,(H,33,38)(H,34,39);1H. The summed E-state index contributed by atoms with van der Waals surface area (Å²) in [5.41, 5.74) is 8.80. The van der Waals surface area contributed by atoms with Crippen LogP contribution in [0.15, 0.2) is 89.5 Å². The van der Waals surface area contributed by atoms with Gasteiger partial charge in [0.1, 0.15) is 6.61 Å². The molecule has 1 aromatic heterocycles. The minimum absolute atomic E-state index is 0. The van der Waals surface area contributed by atoms with Crippen LogP contribution in [-0.2, 0) is 24.3 Å². The molecule has 4 N–H and O–H groups in total. The van der Waals surface area contributed by atoms with E-state index in [0.717, 1.165) is 16.7 Å². The number of carbonyl (C=O) groups is 3. The molecule has 0 aliphatic carbocycles. The zero-order valence-electron chi connectivity index (χ0n) is 23.0. The van der Waals surface area contributed by atoms with Gasteiger partial charge in [-0.3, -0.25) is 9.59 Å². The predicted octanol–water partition coefficient (Wildman–Crippen LogP) is 4.62. The van der Waals surface area contributed by atoms with Gasteiger partial charge in [0.15, 0.2) is 0 Å². The van der Waals surface area contributed by atoms with Gasteiger partial charge in [0.2, 0.25) is 17.5 Å². The average Bonchev–Trinajstić information content (AvgIpc) is 3.48. The number of amides is 2. The number of rotatable bonds is 14. The first kappa shape index (κ1) is 32.0. The van der Waals surface area contributed by atoms with Gasteiger partial charge in [-0.1, -0.05) is 78.0 Å². The van der Waals surface area contributed by atoms with Crippen molar-refractivity contribution in [2.75, 3.05) is 6.54 Å². The smallest absolute Gasteiger partial charge is 0.408 e. The summed E-state index contributed by atoms with van der Waals surface area (Å²) in [5.74, 6) is -0.541. The van der Waals surface area contributed by atoms with Gasteiger partial charge in [-0.05, 0) is 54.6 Å². The van der Waals surface area contributed by atoms with Gasteiger partial charge in [0.25, 0.3) is 5.91 Å². The predicted molar refractivity (Wildman–Crippen MR) is 159 cm³/mol. The molecule has 3 aromatic carbocycles. The van der Waals surface area contributed by atoms with Gasteiger partial charge in [-0.15, -0.1) is 12.4 Å². The van der Waals surface area contributed by atoms with Crippen molar-refractivity contribution in [3.63, 3.8) is 0 Å². The van der Waals surface area contributed by atoms with E-state index in [4.69, 9.17) is 15.0 Å². The van der Waals surface area contributed by atoms with Crippen molar-refractivity contribution < 1.29 is 23.6 Å². The highest BCUT2D eigenvalue weighted by atomic mass is 35.5. The first-order valence-electron chi connectivity index (χ1n) is 13.5. The number of hydrogen-bond donors (Lipinski definition) is 3. The van der Waals surface area contributed by atoms with Crippen LogP contribution in [0.5, 0.6) is 0 Å². The monoisotopic (exact) mass is 591 g/mol. The summed E-state index contributed by atoms with van der Waals surface area (Å²) in [6.45, 7) is 0.989. The second-order valence-corrected chi connectivity index (χ2v) is 9.46. The number of ketones is 1. The number of nitrogens with zero attached hydrogens (tertiary/aromatic N) is 2. The Kier molecular flexibility index (Phi) is 12.7. The minimum atomic E-state index is -0.885. The highest BCUT2D eigenvalue weighted by Gasteiger charge is 2.27. The van der Waals surface area contributed by atoms with Gasteiger partial charge in [-0.2, -0.15) is 4.98 Å². The minimum Gasteiger partial charge on any atom is -0.445 e. The number of nitrogens with one attached hydrogen (secondary N) is 2. The fourth-order valence-corrected chi connectivity index (χ4v) is 4.08. The molecule has 220 valence electrons. The third-order valence-corrected chi connectivity index (χ3v) is 6.32. The largest absolute Gasteiger partial charge is 0.445 e. The van der Waals surface area contributed by atoms with E-state index in [-0.39, 0.29) is 43.1 Å². The summed E-state index contributed by atoms with van der Waals surface area (Å²) in [4.78, 5) is 42.3. The van der Waals surface area contributed by atoms with Crippen LogP contribution in [0.3, 0.4) is 0 Å². The number of hydrogen-bond acceptors (Lipinski definition) is 8. The summed E-state index contributed by atoms with van der Waals surface area (Å²) in [7, 11) is 0. The molecule has 4 rings (SSSR count). The van der Waals surface area contributed by atoms with Crippen molar-refractivity contribution in [3.05, 3.63) is 119 Å². The highest BCUT2D eigenvalue weighted by Crippen LogP contribution is 2.13. The van der Waals surface area contributed by atoms with E-state index < -0.39 is 17.9 Å². The van der Waals surface area contributed by atoms with Crippen LogP contribution in [-0.4, -0.2) is 40.5 Å². The fourth-order valence-electron chi connectivity index (χ4n) is 4.08. The molecule has 11 heteroatoms. The first-order chi connectivity index (χ1) is 20.0. The zero-order valence-corrected chi connectivity index (χ0v) is 23.8. The summed E-state index contributed by atoms with van der Waals surface area (Å²) in [5, 5.41) is 9.37. The van der Waals surface area contributed by atoms with E-state index in [9.17, 15) is 14.4 Å². The van der Waals surface area contributed by atoms with E-state index in [2.05, 4.69) is 20.8 Å². The number of aromatic nitrogens is 2. The molecular weight excluding hydrogens is 558 g/mol. The molecule has 42 heavy (non-hydrogen) atoms. The molecule has 0 bridgehead atoms. The van der Waals surface area contributed by atoms with E-state index >= 15 is 0 Å². The molecular formula is C31H34ClN5O5. The van der Waals surface area contributed by atoms with Gasteiger partial charge in [0, 0.05) is 12.1 Å². The molecule has 0 fully saturated rings. The van der Waals surface area contributed by atoms with Gasteiger partial charge < -0.3 is 25.6 Å². The van der Waals surface area contributed by atoms with Crippen LogP contribution in [0.1, 0.15) is 62.8 Å². The summed E-state index contributed by atoms with van der Waals surface area (Å²) in [6, 6.07) is 25.1. The maximum atomic E-state index is 13.2. The number of alkyl carbamates (subject to hydrolysis) is 1. The van der Waals surface area contributed by atoms with E-state index in [1.165, 1.54) is 0 Å². The Labute approximate surface area is 250 Å². The van der Waals surface area contributed by atoms with E-state index in [0.29, 0.717) is 37.9 Å². The number of unbranched alkanes of at least 4 members (excludes halogenated alkanes) is 1. The lowest BCUT2D eigenvalue weighted by atomic mass is 10.0. The van der Waals surface area contributed by atoms with Gasteiger partial charge >= 0.3 is 6.09 Å². The van der Waals surface area contributed by atoms with Crippen molar-refractivity contribution in [1.82, 2.24) is 20.8 Å². The normalized spacial score (nSPS) is 11.2. The summed E-state index contributed by atoms with van der Waals surface area (Å²) in [6.07, 6.45) is 1.24. The number of carbonyl (C=O) groups excluding carboxylic acids is 3. The number of nitrogens with two attached hydrogens (primary N) is 1. The van der Waals surface area contributed by atoms with Crippen molar-refractivity contribution >= 4 is 30.2 Å². The molecule has 0 saturated carbocycles. The summed E-state index contributed by atoms with van der Waals surface area (Å²) < 4.78 is 10.6. The Bertz CT molecular complexity index is 1410. The molecule has 1 heterocycles. The van der Waals surface area contributed by atoms with E-state index in [1.54, 1.807) is 24.3 Å². The highest BCUT2D eigenvalue weighted by molar-refractivity contribution is 5.98. The topological polar surface area (TPSA) is 149 Å². The number of halogens is 1. The Morgan fingerprint density at radius 2 is 1.52 bits per heavy atom. The maximum Gasteiger partial charge on any atom is 0.408 e. The van der Waals surface area contributed by atoms with Gasteiger partial charge in [0.05, 0.1) is 12.5 Å². The molecule has 1 atom stereocenters. The zero-order chi connectivity index (χ0) is 28.9. The number of benzene rings is 3. The molecule has 10 nitrogen and oxygen atoms in total. The molecule has 0 aliphatic rings. The lowest BCUT2D eigenvalue weighted by Crippen LogP contribution is -2.41. The Hall–Kier alpha value is -4.54. The Morgan fingerprint density at radius 1 is 0.857 bits per heavy atom. The van der Waals surface area contributed by atoms with Gasteiger partial charge in [-0.25, -0.2) is 4.79 Å². The van der Waals surface area contributed by atoms with Crippen molar-refractivity contribution in [2.45, 2.75) is 44.9 Å². The van der Waals surface area contributed by atoms with Crippen molar-refractivity contribution in [2.24, 2.45) is 5.73 Å². The molecule has 0 radical (unpaired) electrons. The lowest BCUT2D eigenvalue weighted by Gasteiger charge is -2.16. The summed E-state index contributed by atoms with van der Waals surface area (Å²) >= 11 is 0. The molecule has 4 aromatic rings. The van der Waals surface area contributed by atoms with Crippen molar-refractivity contribution in [1.29, 1.82) is 0 Å². The van der Waals surface area contributed by atoms with Crippen LogP contribution in [0, 0.1) is 0 Å². The average molecular weight is 592 g/mol. The van der Waals surface area contributed by atoms with Crippen LogP contribution >= 0.6 is 12.4 Å². The number of ether oxygens (including phenoxy) is 1. The SMILES string of the molecule is Cl.NCCCCC(NC(=O)OCc1ccccc1)C(=O)c1noc(Cc2ccc(C(=O)NCc3ccccc3)cc2)n1. The fraction of sp³-hybridized carbons (Fsp3) is 0.258. The quantitative estimate of drug-likeness (QED) is 0.142. The maximum absolute atomic E-state index is 13.2.